The van der Waals surface area contributed by atoms with Gasteiger partial charge in [0.1, 0.15) is 5.82 Å². The summed E-state index contributed by atoms with van der Waals surface area (Å²) in [4.78, 5) is 22.6. The molecule has 6 nitrogen and oxygen atoms in total. The highest BCUT2D eigenvalue weighted by Crippen LogP contribution is 2.17. The van der Waals surface area contributed by atoms with Gasteiger partial charge in [-0.15, -0.1) is 0 Å². The summed E-state index contributed by atoms with van der Waals surface area (Å²) in [5, 5.41) is 3.49. The summed E-state index contributed by atoms with van der Waals surface area (Å²) >= 11 is 0. The third kappa shape index (κ3) is 6.16. The van der Waals surface area contributed by atoms with Gasteiger partial charge in [0, 0.05) is 25.2 Å². The van der Waals surface area contributed by atoms with Crippen molar-refractivity contribution in [1.29, 1.82) is 0 Å². The maximum absolute atomic E-state index is 11.4. The molecule has 0 radical (unpaired) electrons. The zero-order valence-electron chi connectivity index (χ0n) is 16.6. The van der Waals surface area contributed by atoms with Gasteiger partial charge in [0.15, 0.2) is 0 Å². The van der Waals surface area contributed by atoms with Crippen LogP contribution in [0.1, 0.15) is 36.6 Å². The molecule has 1 aliphatic rings. The van der Waals surface area contributed by atoms with Crippen LogP contribution in [0.3, 0.4) is 0 Å². The number of ether oxygens (including phenoxy) is 1. The molecule has 2 heterocycles. The Balaban J connectivity index is 1.51. The SMILES string of the molecule is CCOC(=O)/C=C/c1cnc(N[C@@H]2CCCN(Cc3ccc(C)cc3)C2)cn1. The first-order valence-electron chi connectivity index (χ1n) is 9.83. The van der Waals surface area contributed by atoms with Crippen LogP contribution in [-0.2, 0) is 16.1 Å². The summed E-state index contributed by atoms with van der Waals surface area (Å²) in [6, 6.07) is 9.11. The van der Waals surface area contributed by atoms with Gasteiger partial charge in [-0.2, -0.15) is 0 Å². The molecule has 0 saturated carbocycles. The number of nitrogens with zero attached hydrogens (tertiary/aromatic N) is 3. The lowest BCUT2D eigenvalue weighted by Crippen LogP contribution is -2.41. The number of benzene rings is 1. The van der Waals surface area contributed by atoms with E-state index in [1.165, 1.54) is 17.2 Å². The molecule has 3 rings (SSSR count). The Morgan fingerprint density at radius 3 is 2.82 bits per heavy atom. The minimum Gasteiger partial charge on any atom is -0.463 e. The molecule has 0 bridgehead atoms. The number of carbonyl (C=O) groups excluding carboxylic acids is 1. The van der Waals surface area contributed by atoms with E-state index in [4.69, 9.17) is 4.74 Å². The van der Waals surface area contributed by atoms with Crippen LogP contribution in [0.5, 0.6) is 0 Å². The van der Waals surface area contributed by atoms with Crippen LogP contribution in [0.4, 0.5) is 5.82 Å². The standard InChI is InChI=1S/C22H28N4O2/c1-3-28-22(27)11-10-19-13-24-21(14-23-19)25-20-5-4-12-26(16-20)15-18-8-6-17(2)7-9-18/h6-11,13-14,20H,3-5,12,15-16H2,1-2H3,(H,24,25)/b11-10+/t20-/m1/s1. The molecule has 148 valence electrons. The van der Waals surface area contributed by atoms with Crippen molar-refractivity contribution in [1.82, 2.24) is 14.9 Å². The first-order chi connectivity index (χ1) is 13.6. The fourth-order valence-corrected chi connectivity index (χ4v) is 3.32. The molecule has 1 aromatic heterocycles. The summed E-state index contributed by atoms with van der Waals surface area (Å²) in [7, 11) is 0. The van der Waals surface area contributed by atoms with Gasteiger partial charge in [-0.25, -0.2) is 9.78 Å². The second-order valence-corrected chi connectivity index (χ2v) is 7.12. The zero-order valence-corrected chi connectivity index (χ0v) is 16.6. The Kier molecular flexibility index (Phi) is 7.14. The molecule has 0 spiro atoms. The fourth-order valence-electron chi connectivity index (χ4n) is 3.32. The molecule has 1 fully saturated rings. The molecule has 0 amide bonds. The van der Waals surface area contributed by atoms with E-state index in [1.54, 1.807) is 25.4 Å². The van der Waals surface area contributed by atoms with Crippen molar-refractivity contribution in [2.45, 2.75) is 39.3 Å². The van der Waals surface area contributed by atoms with Crippen LogP contribution < -0.4 is 5.32 Å². The number of hydrogen-bond donors (Lipinski definition) is 1. The monoisotopic (exact) mass is 380 g/mol. The third-order valence-corrected chi connectivity index (χ3v) is 4.73. The van der Waals surface area contributed by atoms with Crippen molar-refractivity contribution in [3.63, 3.8) is 0 Å². The molecule has 1 saturated heterocycles. The van der Waals surface area contributed by atoms with E-state index in [2.05, 4.69) is 51.4 Å². The number of nitrogens with one attached hydrogen (secondary N) is 1. The predicted octanol–water partition coefficient (Wildman–Crippen LogP) is 3.44. The summed E-state index contributed by atoms with van der Waals surface area (Å²) in [6.45, 7) is 7.33. The quantitative estimate of drug-likeness (QED) is 0.586. The predicted molar refractivity (Wildman–Crippen MR) is 111 cm³/mol. The van der Waals surface area contributed by atoms with Gasteiger partial charge >= 0.3 is 5.97 Å². The molecule has 1 atom stereocenters. The number of likely N-dealkylation sites (tertiary alicyclic amines) is 1. The summed E-state index contributed by atoms with van der Waals surface area (Å²) in [6.07, 6.45) is 8.63. The first-order valence-corrected chi connectivity index (χ1v) is 9.83. The third-order valence-electron chi connectivity index (χ3n) is 4.73. The first kappa shape index (κ1) is 20.0. The van der Waals surface area contributed by atoms with E-state index in [1.807, 2.05) is 0 Å². The minimum atomic E-state index is -0.373. The highest BCUT2D eigenvalue weighted by atomic mass is 16.5. The zero-order chi connectivity index (χ0) is 19.8. The van der Waals surface area contributed by atoms with Gasteiger partial charge in [0.2, 0.25) is 0 Å². The van der Waals surface area contributed by atoms with Gasteiger partial charge in [0.25, 0.3) is 0 Å². The lowest BCUT2D eigenvalue weighted by Gasteiger charge is -2.33. The van der Waals surface area contributed by atoms with E-state index >= 15 is 0 Å². The van der Waals surface area contributed by atoms with Crippen LogP contribution >= 0.6 is 0 Å². The molecule has 6 heteroatoms. The highest BCUT2D eigenvalue weighted by Gasteiger charge is 2.20. The molecule has 0 unspecified atom stereocenters. The van der Waals surface area contributed by atoms with Gasteiger partial charge in [-0.3, -0.25) is 9.88 Å². The van der Waals surface area contributed by atoms with E-state index in [0.29, 0.717) is 18.3 Å². The average molecular weight is 380 g/mol. The lowest BCUT2D eigenvalue weighted by atomic mass is 10.0. The number of carbonyl (C=O) groups is 1. The van der Waals surface area contributed by atoms with Crippen LogP contribution in [-0.4, -0.2) is 46.6 Å². The molecule has 1 N–H and O–H groups in total. The van der Waals surface area contributed by atoms with Crippen molar-refractivity contribution >= 4 is 17.9 Å². The van der Waals surface area contributed by atoms with E-state index in [0.717, 1.165) is 38.3 Å². The number of aryl methyl sites for hydroxylation is 1. The second kappa shape index (κ2) is 9.99. The van der Waals surface area contributed by atoms with Gasteiger partial charge in [-0.05, 0) is 44.9 Å². The fraction of sp³-hybridized carbons (Fsp3) is 0.409. The molecule has 1 aliphatic heterocycles. The molecule has 1 aromatic carbocycles. The molecule has 28 heavy (non-hydrogen) atoms. The Morgan fingerprint density at radius 1 is 1.29 bits per heavy atom. The smallest absolute Gasteiger partial charge is 0.330 e. The van der Waals surface area contributed by atoms with Gasteiger partial charge < -0.3 is 10.1 Å². The van der Waals surface area contributed by atoms with Crippen molar-refractivity contribution in [2.75, 3.05) is 25.0 Å². The lowest BCUT2D eigenvalue weighted by molar-refractivity contribution is -0.137. The van der Waals surface area contributed by atoms with E-state index < -0.39 is 0 Å². The Hall–Kier alpha value is -2.73. The summed E-state index contributed by atoms with van der Waals surface area (Å²) in [5.41, 5.74) is 3.27. The van der Waals surface area contributed by atoms with Crippen molar-refractivity contribution in [3.8, 4) is 0 Å². The van der Waals surface area contributed by atoms with E-state index in [9.17, 15) is 4.79 Å². The maximum Gasteiger partial charge on any atom is 0.330 e. The topological polar surface area (TPSA) is 67.3 Å². The molecule has 0 aliphatic carbocycles. The summed E-state index contributed by atoms with van der Waals surface area (Å²) < 4.78 is 4.86. The Morgan fingerprint density at radius 2 is 2.11 bits per heavy atom. The highest BCUT2D eigenvalue weighted by molar-refractivity contribution is 5.86. The minimum absolute atomic E-state index is 0.356. The molecular weight excluding hydrogens is 352 g/mol. The number of aromatic nitrogens is 2. The number of piperidine rings is 1. The van der Waals surface area contributed by atoms with Gasteiger partial charge in [-0.1, -0.05) is 29.8 Å². The summed E-state index contributed by atoms with van der Waals surface area (Å²) in [5.74, 6) is 0.387. The molecule has 2 aromatic rings. The number of hydrogen-bond acceptors (Lipinski definition) is 6. The van der Waals surface area contributed by atoms with Gasteiger partial charge in [0.05, 0.1) is 24.7 Å². The average Bonchev–Trinajstić information content (AvgIpc) is 2.70. The van der Waals surface area contributed by atoms with Crippen molar-refractivity contribution in [2.24, 2.45) is 0 Å². The largest absolute Gasteiger partial charge is 0.463 e. The van der Waals surface area contributed by atoms with Crippen molar-refractivity contribution in [3.05, 3.63) is 59.6 Å². The number of anilines is 1. The molecular formula is C22H28N4O2. The van der Waals surface area contributed by atoms with Crippen LogP contribution in [0.25, 0.3) is 6.08 Å². The number of esters is 1. The van der Waals surface area contributed by atoms with Crippen LogP contribution in [0.2, 0.25) is 0 Å². The Bertz CT molecular complexity index is 787. The normalized spacial score (nSPS) is 17.6. The van der Waals surface area contributed by atoms with E-state index in [-0.39, 0.29) is 5.97 Å². The van der Waals surface area contributed by atoms with Crippen LogP contribution in [0.15, 0.2) is 42.7 Å². The Labute approximate surface area is 166 Å². The van der Waals surface area contributed by atoms with Crippen LogP contribution in [0, 0.1) is 6.92 Å². The van der Waals surface area contributed by atoms with Crippen molar-refractivity contribution < 1.29 is 9.53 Å². The second-order valence-electron chi connectivity index (χ2n) is 7.12. The maximum atomic E-state index is 11.4. The number of rotatable bonds is 7.